The molecule has 62 valence electrons. The molecule has 0 aliphatic carbocycles. The number of hydrogen-bond acceptors (Lipinski definition) is 2. The van der Waals surface area contributed by atoms with Gasteiger partial charge in [-0.15, -0.1) is 0 Å². The smallest absolute Gasteiger partial charge is 0.0273 e. The normalized spacial score (nSPS) is 17.2. The first-order chi connectivity index (χ1) is 5.97. The molecule has 1 N–H and O–H groups in total. The molecule has 2 rings (SSSR count). The molecular formula is C10H12N2. The van der Waals surface area contributed by atoms with Crippen LogP contribution in [0.2, 0.25) is 0 Å². The molecule has 1 aromatic rings. The van der Waals surface area contributed by atoms with Crippen molar-refractivity contribution in [3.05, 3.63) is 36.2 Å². The molecule has 0 amide bonds. The van der Waals surface area contributed by atoms with Crippen LogP contribution in [0.25, 0.3) is 5.57 Å². The molecule has 0 aromatic carbocycles. The molecular weight excluding hydrogens is 148 g/mol. The average Bonchev–Trinajstić information content (AvgIpc) is 2.21. The maximum atomic E-state index is 3.99. The Bertz CT molecular complexity index is 277. The van der Waals surface area contributed by atoms with Crippen molar-refractivity contribution in [3.8, 4) is 0 Å². The largest absolute Gasteiger partial charge is 0.312 e. The van der Waals surface area contributed by atoms with Crippen molar-refractivity contribution >= 4 is 5.57 Å². The predicted octanol–water partition coefficient (Wildman–Crippen LogP) is 1.46. The molecule has 0 bridgehead atoms. The summed E-state index contributed by atoms with van der Waals surface area (Å²) in [6.07, 6.45) is 7.11. The first kappa shape index (κ1) is 7.50. The van der Waals surface area contributed by atoms with Gasteiger partial charge in [0.2, 0.25) is 0 Å². The van der Waals surface area contributed by atoms with E-state index in [2.05, 4.69) is 28.5 Å². The van der Waals surface area contributed by atoms with Gasteiger partial charge in [0.1, 0.15) is 0 Å². The van der Waals surface area contributed by atoms with Gasteiger partial charge < -0.3 is 5.32 Å². The molecule has 0 saturated carbocycles. The fourth-order valence-corrected chi connectivity index (χ4v) is 1.43. The van der Waals surface area contributed by atoms with Crippen molar-refractivity contribution in [1.82, 2.24) is 10.3 Å². The zero-order valence-corrected chi connectivity index (χ0v) is 6.96. The van der Waals surface area contributed by atoms with E-state index in [4.69, 9.17) is 0 Å². The highest BCUT2D eigenvalue weighted by atomic mass is 14.9. The highest BCUT2D eigenvalue weighted by Crippen LogP contribution is 2.14. The Kier molecular flexibility index (Phi) is 2.19. The van der Waals surface area contributed by atoms with E-state index in [0.717, 1.165) is 19.5 Å². The molecule has 0 radical (unpaired) electrons. The lowest BCUT2D eigenvalue weighted by Crippen LogP contribution is -2.21. The molecule has 0 unspecified atom stereocenters. The molecule has 1 aromatic heterocycles. The van der Waals surface area contributed by atoms with E-state index in [9.17, 15) is 0 Å². The molecule has 1 aliphatic heterocycles. The Morgan fingerprint density at radius 3 is 2.75 bits per heavy atom. The Labute approximate surface area is 72.3 Å². The van der Waals surface area contributed by atoms with Gasteiger partial charge >= 0.3 is 0 Å². The first-order valence-corrected chi connectivity index (χ1v) is 4.27. The SMILES string of the molecule is C1=C(c2ccncc2)CNCC1. The van der Waals surface area contributed by atoms with Gasteiger partial charge in [0.05, 0.1) is 0 Å². The molecule has 1 aliphatic rings. The predicted molar refractivity (Wildman–Crippen MR) is 49.7 cm³/mol. The van der Waals surface area contributed by atoms with Gasteiger partial charge in [-0.1, -0.05) is 6.08 Å². The fourth-order valence-electron chi connectivity index (χ4n) is 1.43. The third-order valence-corrected chi connectivity index (χ3v) is 2.08. The van der Waals surface area contributed by atoms with Gasteiger partial charge in [0.25, 0.3) is 0 Å². The summed E-state index contributed by atoms with van der Waals surface area (Å²) >= 11 is 0. The van der Waals surface area contributed by atoms with Crippen molar-refractivity contribution in [2.24, 2.45) is 0 Å². The van der Waals surface area contributed by atoms with Gasteiger partial charge in [0.15, 0.2) is 0 Å². The summed E-state index contributed by atoms with van der Waals surface area (Å²) in [5.41, 5.74) is 2.68. The number of pyridine rings is 1. The third kappa shape index (κ3) is 1.53. The number of rotatable bonds is 1. The zero-order valence-electron chi connectivity index (χ0n) is 6.96. The number of hydrogen-bond donors (Lipinski definition) is 1. The number of nitrogens with zero attached hydrogens (tertiary/aromatic N) is 1. The van der Waals surface area contributed by atoms with Crippen molar-refractivity contribution in [2.45, 2.75) is 6.42 Å². The van der Waals surface area contributed by atoms with E-state index in [1.807, 2.05) is 12.4 Å². The number of aromatic nitrogens is 1. The monoisotopic (exact) mass is 160 g/mol. The van der Waals surface area contributed by atoms with Gasteiger partial charge in [-0.25, -0.2) is 0 Å². The quantitative estimate of drug-likeness (QED) is 0.672. The van der Waals surface area contributed by atoms with E-state index < -0.39 is 0 Å². The van der Waals surface area contributed by atoms with E-state index in [-0.39, 0.29) is 0 Å². The van der Waals surface area contributed by atoms with Crippen LogP contribution in [-0.4, -0.2) is 18.1 Å². The van der Waals surface area contributed by atoms with Gasteiger partial charge in [-0.05, 0) is 36.2 Å². The van der Waals surface area contributed by atoms with Gasteiger partial charge in [0, 0.05) is 18.9 Å². The summed E-state index contributed by atoms with van der Waals surface area (Å²) < 4.78 is 0. The molecule has 2 heteroatoms. The lowest BCUT2D eigenvalue weighted by atomic mass is 10.0. The first-order valence-electron chi connectivity index (χ1n) is 4.27. The van der Waals surface area contributed by atoms with E-state index in [0.29, 0.717) is 0 Å². The second-order valence-electron chi connectivity index (χ2n) is 2.93. The van der Waals surface area contributed by atoms with Crippen molar-refractivity contribution in [3.63, 3.8) is 0 Å². The van der Waals surface area contributed by atoms with Crippen LogP contribution in [0, 0.1) is 0 Å². The molecule has 0 saturated heterocycles. The van der Waals surface area contributed by atoms with Crippen LogP contribution in [0.1, 0.15) is 12.0 Å². The summed E-state index contributed by atoms with van der Waals surface area (Å²) in [5, 5.41) is 3.34. The second kappa shape index (κ2) is 3.50. The standard InChI is InChI=1S/C10H12N2/c1-2-10(8-12-5-1)9-3-6-11-7-4-9/h2-4,6-7,12H,1,5,8H2. The molecule has 0 atom stereocenters. The molecule has 0 fully saturated rings. The van der Waals surface area contributed by atoms with E-state index in [1.165, 1.54) is 11.1 Å². The molecule has 2 nitrogen and oxygen atoms in total. The minimum absolute atomic E-state index is 0.990. The van der Waals surface area contributed by atoms with Crippen LogP contribution in [0.5, 0.6) is 0 Å². The van der Waals surface area contributed by atoms with Crippen molar-refractivity contribution < 1.29 is 0 Å². The van der Waals surface area contributed by atoms with Crippen LogP contribution in [0.4, 0.5) is 0 Å². The Hall–Kier alpha value is -1.15. The van der Waals surface area contributed by atoms with Crippen LogP contribution in [-0.2, 0) is 0 Å². The lowest BCUT2D eigenvalue weighted by Gasteiger charge is -2.13. The van der Waals surface area contributed by atoms with Crippen LogP contribution >= 0.6 is 0 Å². The minimum Gasteiger partial charge on any atom is -0.312 e. The van der Waals surface area contributed by atoms with Crippen LogP contribution in [0.15, 0.2) is 30.6 Å². The second-order valence-corrected chi connectivity index (χ2v) is 2.93. The third-order valence-electron chi connectivity index (χ3n) is 2.08. The number of nitrogens with one attached hydrogen (secondary N) is 1. The topological polar surface area (TPSA) is 24.9 Å². The summed E-state index contributed by atoms with van der Waals surface area (Å²) in [7, 11) is 0. The minimum atomic E-state index is 0.990. The molecule has 2 heterocycles. The summed E-state index contributed by atoms with van der Waals surface area (Å²) in [6.45, 7) is 2.10. The Morgan fingerprint density at radius 2 is 2.08 bits per heavy atom. The summed E-state index contributed by atoms with van der Waals surface area (Å²) in [6, 6.07) is 4.11. The van der Waals surface area contributed by atoms with Crippen LogP contribution < -0.4 is 5.32 Å². The fraction of sp³-hybridized carbons (Fsp3) is 0.300. The molecule has 0 spiro atoms. The Balaban J connectivity index is 2.24. The average molecular weight is 160 g/mol. The van der Waals surface area contributed by atoms with E-state index in [1.54, 1.807) is 0 Å². The summed E-state index contributed by atoms with van der Waals surface area (Å²) in [5.74, 6) is 0. The Morgan fingerprint density at radius 1 is 1.25 bits per heavy atom. The van der Waals surface area contributed by atoms with Crippen LogP contribution in [0.3, 0.4) is 0 Å². The maximum Gasteiger partial charge on any atom is 0.0273 e. The lowest BCUT2D eigenvalue weighted by molar-refractivity contribution is 0.739. The zero-order chi connectivity index (χ0) is 8.23. The van der Waals surface area contributed by atoms with Crippen molar-refractivity contribution in [2.75, 3.05) is 13.1 Å². The highest BCUT2D eigenvalue weighted by molar-refractivity contribution is 5.67. The maximum absolute atomic E-state index is 3.99. The summed E-state index contributed by atoms with van der Waals surface area (Å²) in [4.78, 5) is 3.99. The highest BCUT2D eigenvalue weighted by Gasteiger charge is 2.03. The van der Waals surface area contributed by atoms with Crippen molar-refractivity contribution in [1.29, 1.82) is 0 Å². The van der Waals surface area contributed by atoms with Gasteiger partial charge in [-0.3, -0.25) is 4.98 Å². The molecule has 12 heavy (non-hydrogen) atoms. The van der Waals surface area contributed by atoms with E-state index >= 15 is 0 Å². The van der Waals surface area contributed by atoms with Gasteiger partial charge in [-0.2, -0.15) is 0 Å².